The minimum absolute atomic E-state index is 0.0485. The molecule has 4 heteroatoms. The van der Waals surface area contributed by atoms with E-state index < -0.39 is 0 Å². The smallest absolute Gasteiger partial charge is 0.212 e. The number of rotatable bonds is 3. The van der Waals surface area contributed by atoms with Gasteiger partial charge in [0.25, 0.3) is 0 Å². The van der Waals surface area contributed by atoms with Crippen molar-refractivity contribution in [3.63, 3.8) is 0 Å². The molecule has 1 aromatic heterocycles. The molecule has 0 spiro atoms. The number of carbonyl (C=O) groups excluding carboxylic acids is 1. The fraction of sp³-hybridized carbons (Fsp3) is 0.0769. The van der Waals surface area contributed by atoms with Crippen LogP contribution in [-0.2, 0) is 0 Å². The average Bonchev–Trinajstić information content (AvgIpc) is 2.39. The molecular formula is C13H10BrNO2. The lowest BCUT2D eigenvalue weighted by atomic mass is 10.1. The summed E-state index contributed by atoms with van der Waals surface area (Å²) in [5.74, 6) is 0.449. The third kappa shape index (κ3) is 2.71. The summed E-state index contributed by atoms with van der Waals surface area (Å²) in [4.78, 5) is 16.1. The first-order valence-corrected chi connectivity index (χ1v) is 5.80. The molecule has 0 aliphatic carbocycles. The van der Waals surface area contributed by atoms with E-state index in [0.717, 1.165) is 4.47 Å². The molecule has 0 saturated carbocycles. The minimum atomic E-state index is -0.0485. The lowest BCUT2D eigenvalue weighted by Crippen LogP contribution is -2.01. The summed E-state index contributed by atoms with van der Waals surface area (Å²) in [6.45, 7) is 0. The molecule has 0 radical (unpaired) electrons. The van der Waals surface area contributed by atoms with Gasteiger partial charge in [0.2, 0.25) is 5.88 Å². The van der Waals surface area contributed by atoms with Crippen molar-refractivity contribution in [1.29, 1.82) is 0 Å². The van der Waals surface area contributed by atoms with Gasteiger partial charge in [0.05, 0.1) is 7.11 Å². The third-order valence-electron chi connectivity index (χ3n) is 2.31. The van der Waals surface area contributed by atoms with Gasteiger partial charge in [0.1, 0.15) is 0 Å². The van der Waals surface area contributed by atoms with Crippen molar-refractivity contribution in [3.8, 4) is 5.88 Å². The Morgan fingerprint density at radius 3 is 2.29 bits per heavy atom. The van der Waals surface area contributed by atoms with Crippen molar-refractivity contribution >= 4 is 21.7 Å². The molecule has 0 bridgehead atoms. The zero-order valence-corrected chi connectivity index (χ0v) is 10.8. The van der Waals surface area contributed by atoms with Crippen LogP contribution < -0.4 is 4.74 Å². The largest absolute Gasteiger partial charge is 0.481 e. The molecule has 0 N–H and O–H groups in total. The number of methoxy groups -OCH3 is 1. The number of carbonyl (C=O) groups is 1. The van der Waals surface area contributed by atoms with Crippen LogP contribution in [0.25, 0.3) is 0 Å². The van der Waals surface area contributed by atoms with Crippen molar-refractivity contribution in [3.05, 3.63) is 58.2 Å². The van der Waals surface area contributed by atoms with E-state index in [4.69, 9.17) is 4.74 Å². The van der Waals surface area contributed by atoms with Crippen LogP contribution in [0, 0.1) is 0 Å². The highest BCUT2D eigenvalue weighted by Gasteiger charge is 2.09. The Labute approximate surface area is 108 Å². The van der Waals surface area contributed by atoms with E-state index in [0.29, 0.717) is 17.0 Å². The Balaban J connectivity index is 2.27. The highest BCUT2D eigenvalue weighted by molar-refractivity contribution is 9.10. The van der Waals surface area contributed by atoms with Crippen molar-refractivity contribution in [2.75, 3.05) is 7.11 Å². The molecule has 3 nitrogen and oxygen atoms in total. The average molecular weight is 292 g/mol. The van der Waals surface area contributed by atoms with Gasteiger partial charge in [-0.15, -0.1) is 0 Å². The van der Waals surface area contributed by atoms with Crippen LogP contribution in [0.4, 0.5) is 0 Å². The molecule has 2 aromatic rings. The van der Waals surface area contributed by atoms with Gasteiger partial charge < -0.3 is 4.74 Å². The standard InChI is InChI=1S/C13H10BrNO2/c1-17-12-7-4-10(8-15-12)13(16)9-2-5-11(14)6-3-9/h2-8H,1H3. The van der Waals surface area contributed by atoms with Crippen LogP contribution in [0.3, 0.4) is 0 Å². The zero-order chi connectivity index (χ0) is 12.3. The Morgan fingerprint density at radius 1 is 1.12 bits per heavy atom. The third-order valence-corrected chi connectivity index (χ3v) is 2.84. The second-order valence-electron chi connectivity index (χ2n) is 3.43. The predicted molar refractivity (Wildman–Crippen MR) is 68.4 cm³/mol. The molecule has 0 atom stereocenters. The first-order chi connectivity index (χ1) is 8.20. The van der Waals surface area contributed by atoms with Crippen LogP contribution in [0.15, 0.2) is 47.1 Å². The molecular weight excluding hydrogens is 282 g/mol. The number of aromatic nitrogens is 1. The monoisotopic (exact) mass is 291 g/mol. The molecule has 17 heavy (non-hydrogen) atoms. The molecule has 2 rings (SSSR count). The fourth-order valence-corrected chi connectivity index (χ4v) is 1.67. The fourth-order valence-electron chi connectivity index (χ4n) is 1.40. The number of ether oxygens (including phenoxy) is 1. The first kappa shape index (κ1) is 11.8. The number of hydrogen-bond donors (Lipinski definition) is 0. The van der Waals surface area contributed by atoms with Gasteiger partial charge in [-0.2, -0.15) is 0 Å². The Kier molecular flexibility index (Phi) is 3.54. The zero-order valence-electron chi connectivity index (χ0n) is 9.18. The van der Waals surface area contributed by atoms with E-state index in [1.54, 1.807) is 31.4 Å². The highest BCUT2D eigenvalue weighted by atomic mass is 79.9. The van der Waals surface area contributed by atoms with E-state index in [1.807, 2.05) is 12.1 Å². The molecule has 1 aromatic carbocycles. The van der Waals surface area contributed by atoms with Crippen LogP contribution in [0.2, 0.25) is 0 Å². The van der Waals surface area contributed by atoms with Gasteiger partial charge in [0.15, 0.2) is 5.78 Å². The van der Waals surface area contributed by atoms with Crippen molar-refractivity contribution < 1.29 is 9.53 Å². The van der Waals surface area contributed by atoms with Crippen molar-refractivity contribution in [2.45, 2.75) is 0 Å². The maximum atomic E-state index is 12.1. The van der Waals surface area contributed by atoms with Crippen LogP contribution in [-0.4, -0.2) is 17.9 Å². The highest BCUT2D eigenvalue weighted by Crippen LogP contribution is 2.15. The number of nitrogens with zero attached hydrogens (tertiary/aromatic N) is 1. The van der Waals surface area contributed by atoms with E-state index in [2.05, 4.69) is 20.9 Å². The Bertz CT molecular complexity index is 520. The first-order valence-electron chi connectivity index (χ1n) is 5.01. The topological polar surface area (TPSA) is 39.2 Å². The van der Waals surface area contributed by atoms with E-state index in [-0.39, 0.29) is 5.78 Å². The summed E-state index contributed by atoms with van der Waals surface area (Å²) in [6.07, 6.45) is 1.52. The summed E-state index contributed by atoms with van der Waals surface area (Å²) in [5, 5.41) is 0. The van der Waals surface area contributed by atoms with Gasteiger partial charge in [-0.1, -0.05) is 15.9 Å². The summed E-state index contributed by atoms with van der Waals surface area (Å²) >= 11 is 3.33. The SMILES string of the molecule is COc1ccc(C(=O)c2ccc(Br)cc2)cn1. The normalized spacial score (nSPS) is 10.0. The van der Waals surface area contributed by atoms with Gasteiger partial charge in [-0.3, -0.25) is 4.79 Å². The summed E-state index contributed by atoms with van der Waals surface area (Å²) in [5.41, 5.74) is 1.19. The molecule has 86 valence electrons. The molecule has 0 aliphatic heterocycles. The maximum Gasteiger partial charge on any atom is 0.212 e. The molecule has 0 fully saturated rings. The molecule has 0 amide bonds. The van der Waals surface area contributed by atoms with E-state index in [1.165, 1.54) is 6.20 Å². The molecule has 0 saturated heterocycles. The summed E-state index contributed by atoms with van der Waals surface area (Å²) < 4.78 is 5.89. The van der Waals surface area contributed by atoms with Crippen LogP contribution in [0.5, 0.6) is 5.88 Å². The molecule has 1 heterocycles. The second-order valence-corrected chi connectivity index (χ2v) is 4.34. The van der Waals surface area contributed by atoms with E-state index >= 15 is 0 Å². The second kappa shape index (κ2) is 5.10. The minimum Gasteiger partial charge on any atom is -0.481 e. The number of ketones is 1. The molecule has 0 aliphatic rings. The van der Waals surface area contributed by atoms with Crippen molar-refractivity contribution in [2.24, 2.45) is 0 Å². The van der Waals surface area contributed by atoms with Crippen LogP contribution in [0.1, 0.15) is 15.9 Å². The predicted octanol–water partition coefficient (Wildman–Crippen LogP) is 3.08. The van der Waals surface area contributed by atoms with Crippen LogP contribution >= 0.6 is 15.9 Å². The Morgan fingerprint density at radius 2 is 1.76 bits per heavy atom. The van der Waals surface area contributed by atoms with Gasteiger partial charge in [-0.25, -0.2) is 4.98 Å². The van der Waals surface area contributed by atoms with Gasteiger partial charge in [-0.05, 0) is 30.3 Å². The maximum absolute atomic E-state index is 12.1. The number of pyridine rings is 1. The van der Waals surface area contributed by atoms with Crippen molar-refractivity contribution in [1.82, 2.24) is 4.98 Å². The summed E-state index contributed by atoms with van der Waals surface area (Å²) in [6, 6.07) is 10.6. The van der Waals surface area contributed by atoms with Gasteiger partial charge >= 0.3 is 0 Å². The number of hydrogen-bond acceptors (Lipinski definition) is 3. The Hall–Kier alpha value is -1.68. The number of benzene rings is 1. The quantitative estimate of drug-likeness (QED) is 0.816. The summed E-state index contributed by atoms with van der Waals surface area (Å²) in [7, 11) is 1.54. The molecule has 0 unspecified atom stereocenters. The lowest BCUT2D eigenvalue weighted by Gasteiger charge is -2.02. The number of halogens is 1. The van der Waals surface area contributed by atoms with Gasteiger partial charge in [0, 0.05) is 27.9 Å². The van der Waals surface area contributed by atoms with E-state index in [9.17, 15) is 4.79 Å². The lowest BCUT2D eigenvalue weighted by molar-refractivity contribution is 0.103.